The quantitative estimate of drug-likeness (QED) is 0.542. The second-order valence-corrected chi connectivity index (χ2v) is 3.76. The van der Waals surface area contributed by atoms with E-state index in [1.165, 1.54) is 0 Å². The van der Waals surface area contributed by atoms with Crippen molar-refractivity contribution in [2.75, 3.05) is 20.1 Å². The summed E-state index contributed by atoms with van der Waals surface area (Å²) in [5.41, 5.74) is 0. The zero-order valence-corrected chi connectivity index (χ0v) is 8.10. The van der Waals surface area contributed by atoms with Crippen molar-refractivity contribution in [1.82, 2.24) is 9.80 Å². The summed E-state index contributed by atoms with van der Waals surface area (Å²) in [7, 11) is 1.86. The van der Waals surface area contributed by atoms with Crippen LogP contribution in [0.3, 0.4) is 0 Å². The summed E-state index contributed by atoms with van der Waals surface area (Å²) in [5.74, 6) is 0. The van der Waals surface area contributed by atoms with Crippen LogP contribution < -0.4 is 0 Å². The summed E-state index contributed by atoms with van der Waals surface area (Å²) in [6.07, 6.45) is -4.19. The maximum Gasteiger partial charge on any atom is 0.460 e. The van der Waals surface area contributed by atoms with Gasteiger partial charge in [0.1, 0.15) is 0 Å². The second kappa shape index (κ2) is 3.46. The molecule has 0 unspecified atom stereocenters. The van der Waals surface area contributed by atoms with E-state index in [4.69, 9.17) is 0 Å². The lowest BCUT2D eigenvalue weighted by Crippen LogP contribution is -2.59. The fraction of sp³-hybridized carbons (Fsp3) is 1.00. The highest BCUT2D eigenvalue weighted by molar-refractivity contribution is 4.83. The molecule has 0 saturated carbocycles. The average molecular weight is 196 g/mol. The van der Waals surface area contributed by atoms with Crippen molar-refractivity contribution in [2.24, 2.45) is 0 Å². The molecular formula is C8H15F3N2. The fourth-order valence-electron chi connectivity index (χ4n) is 1.65. The van der Waals surface area contributed by atoms with Gasteiger partial charge >= 0.3 is 6.30 Å². The largest absolute Gasteiger partial charge is 0.460 e. The lowest BCUT2D eigenvalue weighted by Gasteiger charge is -2.42. The molecule has 0 radical (unpaired) electrons. The molecule has 1 rings (SSSR count). The molecule has 0 N–H and O–H groups in total. The van der Waals surface area contributed by atoms with Crippen LogP contribution in [0, 0.1) is 0 Å². The van der Waals surface area contributed by atoms with Gasteiger partial charge in [0.15, 0.2) is 0 Å². The monoisotopic (exact) mass is 196 g/mol. The van der Waals surface area contributed by atoms with Crippen LogP contribution in [0.25, 0.3) is 0 Å². The molecule has 0 spiro atoms. The minimum absolute atomic E-state index is 0.0298. The molecule has 1 saturated heterocycles. The van der Waals surface area contributed by atoms with Crippen molar-refractivity contribution in [3.8, 4) is 0 Å². The maximum absolute atomic E-state index is 12.4. The molecule has 0 bridgehead atoms. The van der Waals surface area contributed by atoms with Gasteiger partial charge in [0.25, 0.3) is 0 Å². The zero-order chi connectivity index (χ0) is 10.2. The van der Waals surface area contributed by atoms with Crippen LogP contribution in [0.1, 0.15) is 13.8 Å². The van der Waals surface area contributed by atoms with Crippen LogP contribution in [-0.4, -0.2) is 48.3 Å². The van der Waals surface area contributed by atoms with Gasteiger partial charge in [0.2, 0.25) is 0 Å². The molecule has 2 atom stereocenters. The first-order valence-electron chi connectivity index (χ1n) is 4.36. The third kappa shape index (κ3) is 2.34. The molecule has 2 nitrogen and oxygen atoms in total. The van der Waals surface area contributed by atoms with Gasteiger partial charge in [-0.3, -0.25) is 0 Å². The van der Waals surface area contributed by atoms with Crippen LogP contribution in [0.4, 0.5) is 13.2 Å². The van der Waals surface area contributed by atoms with Gasteiger partial charge in [0, 0.05) is 25.2 Å². The summed E-state index contributed by atoms with van der Waals surface area (Å²) >= 11 is 0. The van der Waals surface area contributed by atoms with Crippen molar-refractivity contribution in [3.63, 3.8) is 0 Å². The lowest BCUT2D eigenvalue weighted by molar-refractivity contribution is -0.268. The maximum atomic E-state index is 12.4. The highest BCUT2D eigenvalue weighted by Crippen LogP contribution is 2.27. The van der Waals surface area contributed by atoms with E-state index in [1.54, 1.807) is 6.92 Å². The zero-order valence-electron chi connectivity index (χ0n) is 8.10. The Labute approximate surface area is 76.3 Å². The molecule has 1 heterocycles. The fourth-order valence-corrected chi connectivity index (χ4v) is 1.65. The summed E-state index contributed by atoms with van der Waals surface area (Å²) in [4.78, 5) is 2.56. The summed E-state index contributed by atoms with van der Waals surface area (Å²) in [6.45, 7) is 3.96. The smallest absolute Gasteiger partial charge is 0.301 e. The number of hydrogen-bond acceptors (Lipinski definition) is 2. The van der Waals surface area contributed by atoms with Crippen molar-refractivity contribution >= 4 is 0 Å². The Morgan fingerprint density at radius 1 is 1.08 bits per heavy atom. The molecule has 0 amide bonds. The molecule has 0 aromatic heterocycles. The van der Waals surface area contributed by atoms with Crippen LogP contribution in [-0.2, 0) is 0 Å². The van der Waals surface area contributed by atoms with E-state index in [1.807, 2.05) is 18.9 Å². The highest BCUT2D eigenvalue weighted by Gasteiger charge is 2.43. The Balaban J connectivity index is 2.67. The van der Waals surface area contributed by atoms with E-state index in [9.17, 15) is 13.2 Å². The minimum Gasteiger partial charge on any atom is -0.301 e. The minimum atomic E-state index is -4.19. The lowest BCUT2D eigenvalue weighted by atomic mass is 10.1. The highest BCUT2D eigenvalue weighted by atomic mass is 19.4. The van der Waals surface area contributed by atoms with E-state index in [2.05, 4.69) is 0 Å². The Morgan fingerprint density at radius 3 is 2.08 bits per heavy atom. The number of halogens is 3. The van der Waals surface area contributed by atoms with E-state index < -0.39 is 12.3 Å². The third-order valence-electron chi connectivity index (χ3n) is 2.62. The van der Waals surface area contributed by atoms with Crippen LogP contribution in [0.5, 0.6) is 0 Å². The summed E-state index contributed by atoms with van der Waals surface area (Å²) in [6, 6.07) is -0.473. The number of likely N-dealkylation sites (N-methyl/N-ethyl adjacent to an activating group) is 1. The van der Waals surface area contributed by atoms with Crippen molar-refractivity contribution in [2.45, 2.75) is 32.2 Å². The first kappa shape index (κ1) is 10.8. The molecule has 0 aromatic rings. The van der Waals surface area contributed by atoms with Crippen LogP contribution in [0.15, 0.2) is 0 Å². The first-order chi connectivity index (χ1) is 5.82. The van der Waals surface area contributed by atoms with Crippen molar-refractivity contribution in [1.29, 1.82) is 0 Å². The molecule has 1 aliphatic heterocycles. The number of hydrogen-bond donors (Lipinski definition) is 0. The van der Waals surface area contributed by atoms with Crippen molar-refractivity contribution < 1.29 is 13.2 Å². The van der Waals surface area contributed by atoms with Gasteiger partial charge in [-0.25, -0.2) is 4.90 Å². The molecule has 1 aliphatic rings. The Bertz CT molecular complexity index is 181. The average Bonchev–Trinajstić information content (AvgIpc) is 1.94. The van der Waals surface area contributed by atoms with Gasteiger partial charge in [-0.15, -0.1) is 0 Å². The predicted molar refractivity (Wildman–Crippen MR) is 44.3 cm³/mol. The SMILES string of the molecule is C[C@H]1CN(C(F)(F)F)[C@@H](C)CN1C. The molecule has 0 aromatic carbocycles. The number of nitrogens with zero attached hydrogens (tertiary/aromatic N) is 2. The molecule has 13 heavy (non-hydrogen) atoms. The third-order valence-corrected chi connectivity index (χ3v) is 2.62. The molecule has 0 aliphatic carbocycles. The second-order valence-electron chi connectivity index (χ2n) is 3.76. The number of piperazine rings is 1. The first-order valence-corrected chi connectivity index (χ1v) is 4.36. The normalized spacial score (nSPS) is 33.7. The summed E-state index contributed by atoms with van der Waals surface area (Å²) in [5, 5.41) is 0. The molecule has 78 valence electrons. The Hall–Kier alpha value is -0.290. The van der Waals surface area contributed by atoms with Crippen LogP contribution >= 0.6 is 0 Å². The number of alkyl halides is 3. The molecular weight excluding hydrogens is 181 g/mol. The van der Waals surface area contributed by atoms with Crippen molar-refractivity contribution in [3.05, 3.63) is 0 Å². The number of rotatable bonds is 0. The predicted octanol–water partition coefficient (Wildman–Crippen LogP) is 1.53. The van der Waals surface area contributed by atoms with E-state index >= 15 is 0 Å². The van der Waals surface area contributed by atoms with Gasteiger partial charge in [-0.05, 0) is 20.9 Å². The standard InChI is InChI=1S/C8H15F3N2/c1-6-5-13(8(9,10)11)7(2)4-12(6)3/h6-7H,4-5H2,1-3H3/t6-,7-/m0/s1. The van der Waals surface area contributed by atoms with E-state index in [-0.39, 0.29) is 12.6 Å². The van der Waals surface area contributed by atoms with Gasteiger partial charge in [-0.2, -0.15) is 13.2 Å². The van der Waals surface area contributed by atoms with Gasteiger partial charge < -0.3 is 4.90 Å². The summed E-state index contributed by atoms with van der Waals surface area (Å²) < 4.78 is 37.2. The van der Waals surface area contributed by atoms with Crippen LogP contribution in [0.2, 0.25) is 0 Å². The Morgan fingerprint density at radius 2 is 1.62 bits per heavy atom. The van der Waals surface area contributed by atoms with Gasteiger partial charge in [0.05, 0.1) is 0 Å². The Kier molecular flexibility index (Phi) is 2.87. The molecule has 5 heteroatoms. The molecule has 1 fully saturated rings. The topological polar surface area (TPSA) is 6.48 Å². The van der Waals surface area contributed by atoms with E-state index in [0.717, 1.165) is 0 Å². The van der Waals surface area contributed by atoms with Gasteiger partial charge in [-0.1, -0.05) is 0 Å². The van der Waals surface area contributed by atoms with E-state index in [0.29, 0.717) is 11.4 Å².